The van der Waals surface area contributed by atoms with E-state index in [1.54, 1.807) is 6.07 Å². The average molecular weight is 211 g/mol. The van der Waals surface area contributed by atoms with Crippen LogP contribution in [0.4, 0.5) is 8.78 Å². The molecule has 4 heteroatoms. The molecule has 0 aliphatic heterocycles. The minimum atomic E-state index is -0.877. The van der Waals surface area contributed by atoms with E-state index in [4.69, 9.17) is 5.11 Å². The van der Waals surface area contributed by atoms with E-state index in [0.717, 1.165) is 18.7 Å². The number of hydrogen-bond acceptors (Lipinski definition) is 2. The second-order valence-corrected chi connectivity index (χ2v) is 2.95. The van der Waals surface area contributed by atoms with Crippen LogP contribution in [0.2, 0.25) is 0 Å². The number of aromatic nitrogens is 1. The van der Waals surface area contributed by atoms with Crippen molar-refractivity contribution in [3.05, 3.63) is 41.6 Å². The number of aliphatic hydroxyl groups excluding tert-OH is 1. The Hall–Kier alpha value is -1.55. The zero-order valence-electron chi connectivity index (χ0n) is 8.46. The summed E-state index contributed by atoms with van der Waals surface area (Å²) in [6, 6.07) is 4.40. The quantitative estimate of drug-likeness (QED) is 0.726. The molecule has 15 heavy (non-hydrogen) atoms. The average Bonchev–Trinajstić information content (AvgIpc) is 2.26. The van der Waals surface area contributed by atoms with Crippen molar-refractivity contribution in [3.8, 4) is 0 Å². The summed E-state index contributed by atoms with van der Waals surface area (Å²) in [5.41, 5.74) is 1.02. The molecule has 0 aliphatic carbocycles. The summed E-state index contributed by atoms with van der Waals surface area (Å²) in [5, 5.41) is 7.62. The first kappa shape index (κ1) is 11.5. The van der Waals surface area contributed by atoms with Gasteiger partial charge in [-0.25, -0.2) is 8.78 Å². The lowest BCUT2D eigenvalue weighted by atomic mass is 10.1. The van der Waals surface area contributed by atoms with Crippen molar-refractivity contribution < 1.29 is 13.9 Å². The van der Waals surface area contributed by atoms with Gasteiger partial charge in [-0.15, -0.1) is 0 Å². The van der Waals surface area contributed by atoms with Crippen molar-refractivity contribution in [3.63, 3.8) is 0 Å². The Balaban J connectivity index is 0.000000531. The van der Waals surface area contributed by atoms with Crippen molar-refractivity contribution in [1.29, 1.82) is 0 Å². The Bertz CT molecular complexity index is 471. The van der Waals surface area contributed by atoms with Crippen molar-refractivity contribution in [1.82, 2.24) is 4.98 Å². The van der Waals surface area contributed by atoms with Crippen LogP contribution >= 0.6 is 0 Å². The Morgan fingerprint density at radius 2 is 1.87 bits per heavy atom. The van der Waals surface area contributed by atoms with E-state index >= 15 is 0 Å². The van der Waals surface area contributed by atoms with Gasteiger partial charge >= 0.3 is 0 Å². The van der Waals surface area contributed by atoms with Crippen molar-refractivity contribution in [2.75, 3.05) is 7.11 Å². The molecular formula is C11H11F2NO. The van der Waals surface area contributed by atoms with Gasteiger partial charge in [0, 0.05) is 18.7 Å². The molecule has 1 aromatic carbocycles. The summed E-state index contributed by atoms with van der Waals surface area (Å²) >= 11 is 0. The molecule has 1 heterocycles. The molecule has 0 saturated carbocycles. The molecule has 0 bridgehead atoms. The molecule has 2 nitrogen and oxygen atoms in total. The van der Waals surface area contributed by atoms with Crippen molar-refractivity contribution in [2.24, 2.45) is 0 Å². The molecule has 0 aliphatic rings. The lowest BCUT2D eigenvalue weighted by Gasteiger charge is -2.00. The normalized spacial score (nSPS) is 9.67. The largest absolute Gasteiger partial charge is 0.400 e. The number of hydrogen-bond donors (Lipinski definition) is 1. The van der Waals surface area contributed by atoms with Gasteiger partial charge in [0.05, 0.1) is 0 Å². The molecule has 0 radical (unpaired) electrons. The number of pyridine rings is 1. The van der Waals surface area contributed by atoms with E-state index in [1.165, 1.54) is 12.3 Å². The molecule has 0 amide bonds. The fourth-order valence-electron chi connectivity index (χ4n) is 1.25. The minimum absolute atomic E-state index is 0.0885. The molecule has 1 N–H and O–H groups in total. The van der Waals surface area contributed by atoms with Crippen LogP contribution in [-0.2, 0) is 0 Å². The van der Waals surface area contributed by atoms with Gasteiger partial charge in [-0.3, -0.25) is 4.98 Å². The maximum absolute atomic E-state index is 13.1. The highest BCUT2D eigenvalue weighted by Gasteiger charge is 2.07. The predicted octanol–water partition coefficient (Wildman–Crippen LogP) is 2.43. The van der Waals surface area contributed by atoms with E-state index in [1.807, 2.05) is 6.92 Å². The monoisotopic (exact) mass is 211 g/mol. The molecule has 2 rings (SSSR count). The third-order valence-electron chi connectivity index (χ3n) is 1.88. The summed E-state index contributed by atoms with van der Waals surface area (Å²) in [5.74, 6) is -1.73. The summed E-state index contributed by atoms with van der Waals surface area (Å²) in [4.78, 5) is 3.83. The SMILES string of the molecule is CO.Cc1cnc2c(F)c(F)ccc2c1. The fourth-order valence-corrected chi connectivity index (χ4v) is 1.25. The maximum Gasteiger partial charge on any atom is 0.184 e. The van der Waals surface area contributed by atoms with Gasteiger partial charge in [-0.2, -0.15) is 0 Å². The molecule has 0 unspecified atom stereocenters. The third kappa shape index (κ3) is 2.27. The zero-order valence-corrected chi connectivity index (χ0v) is 8.46. The Kier molecular flexibility index (Phi) is 3.68. The van der Waals surface area contributed by atoms with Crippen LogP contribution in [0.5, 0.6) is 0 Å². The number of aliphatic hydroxyl groups is 1. The van der Waals surface area contributed by atoms with Gasteiger partial charge in [0.2, 0.25) is 0 Å². The molecule has 0 atom stereocenters. The standard InChI is InChI=1S/C10H7F2N.CH4O/c1-6-4-7-2-3-8(11)9(12)10(7)13-5-6;1-2/h2-5H,1H3;2H,1H3. The van der Waals surface area contributed by atoms with Gasteiger partial charge in [-0.05, 0) is 30.7 Å². The van der Waals surface area contributed by atoms with Gasteiger partial charge in [-0.1, -0.05) is 0 Å². The zero-order chi connectivity index (χ0) is 11.4. The molecule has 0 fully saturated rings. The van der Waals surface area contributed by atoms with Gasteiger partial charge in [0.15, 0.2) is 11.6 Å². The summed E-state index contributed by atoms with van der Waals surface area (Å²) in [6.45, 7) is 1.85. The van der Waals surface area contributed by atoms with Crippen molar-refractivity contribution in [2.45, 2.75) is 6.92 Å². The summed E-state index contributed by atoms with van der Waals surface area (Å²) in [7, 11) is 1.00. The van der Waals surface area contributed by atoms with Crippen LogP contribution in [0.15, 0.2) is 24.4 Å². The van der Waals surface area contributed by atoms with Gasteiger partial charge < -0.3 is 5.11 Å². The minimum Gasteiger partial charge on any atom is -0.400 e. The first-order chi connectivity index (χ1) is 7.18. The highest BCUT2D eigenvalue weighted by molar-refractivity contribution is 5.79. The van der Waals surface area contributed by atoms with E-state index in [2.05, 4.69) is 4.98 Å². The number of halogens is 2. The van der Waals surface area contributed by atoms with E-state index < -0.39 is 11.6 Å². The van der Waals surface area contributed by atoms with Crippen LogP contribution in [-0.4, -0.2) is 17.2 Å². The van der Waals surface area contributed by atoms with Crippen LogP contribution in [0.3, 0.4) is 0 Å². The van der Waals surface area contributed by atoms with Crippen LogP contribution in [0.1, 0.15) is 5.56 Å². The Morgan fingerprint density at radius 3 is 2.53 bits per heavy atom. The predicted molar refractivity (Wildman–Crippen MR) is 54.5 cm³/mol. The van der Waals surface area contributed by atoms with Gasteiger partial charge in [0.1, 0.15) is 5.52 Å². The van der Waals surface area contributed by atoms with Gasteiger partial charge in [0.25, 0.3) is 0 Å². The fraction of sp³-hybridized carbons (Fsp3) is 0.182. The molecule has 1 aromatic heterocycles. The Labute approximate surface area is 86.2 Å². The Morgan fingerprint density at radius 1 is 1.20 bits per heavy atom. The maximum atomic E-state index is 13.1. The highest BCUT2D eigenvalue weighted by Crippen LogP contribution is 2.18. The van der Waals surface area contributed by atoms with Crippen LogP contribution < -0.4 is 0 Å². The lowest BCUT2D eigenvalue weighted by molar-refractivity contribution is 0.399. The second kappa shape index (κ2) is 4.79. The topological polar surface area (TPSA) is 33.1 Å². The number of fused-ring (bicyclic) bond motifs is 1. The first-order valence-corrected chi connectivity index (χ1v) is 4.33. The van der Waals surface area contributed by atoms with E-state index in [0.29, 0.717) is 5.39 Å². The number of benzene rings is 1. The highest BCUT2D eigenvalue weighted by atomic mass is 19.2. The second-order valence-electron chi connectivity index (χ2n) is 2.95. The molecular weight excluding hydrogens is 200 g/mol. The lowest BCUT2D eigenvalue weighted by Crippen LogP contribution is -1.89. The molecule has 80 valence electrons. The smallest absolute Gasteiger partial charge is 0.184 e. The number of rotatable bonds is 0. The molecule has 2 aromatic rings. The van der Waals surface area contributed by atoms with Crippen LogP contribution in [0.25, 0.3) is 10.9 Å². The van der Waals surface area contributed by atoms with E-state index in [9.17, 15) is 8.78 Å². The summed E-state index contributed by atoms with van der Waals surface area (Å²) in [6.07, 6.45) is 1.52. The molecule has 0 spiro atoms. The first-order valence-electron chi connectivity index (χ1n) is 4.33. The van der Waals surface area contributed by atoms with E-state index in [-0.39, 0.29) is 5.52 Å². The van der Waals surface area contributed by atoms with Crippen LogP contribution in [0, 0.1) is 18.6 Å². The third-order valence-corrected chi connectivity index (χ3v) is 1.88. The molecule has 0 saturated heterocycles. The number of aryl methyl sites for hydroxylation is 1. The summed E-state index contributed by atoms with van der Waals surface area (Å²) < 4.78 is 25.8. The number of nitrogens with zero attached hydrogens (tertiary/aromatic N) is 1. The van der Waals surface area contributed by atoms with Crippen molar-refractivity contribution >= 4 is 10.9 Å².